The van der Waals surface area contributed by atoms with Crippen molar-refractivity contribution >= 4 is 5.91 Å². The quantitative estimate of drug-likeness (QED) is 0.542. The van der Waals surface area contributed by atoms with Gasteiger partial charge in [-0.15, -0.1) is 0 Å². The predicted molar refractivity (Wildman–Crippen MR) is 70.3 cm³/mol. The monoisotopic (exact) mass is 258 g/mol. The van der Waals surface area contributed by atoms with Crippen molar-refractivity contribution in [2.75, 3.05) is 40.0 Å². The van der Waals surface area contributed by atoms with E-state index >= 15 is 0 Å². The zero-order valence-corrected chi connectivity index (χ0v) is 11.3. The lowest BCUT2D eigenvalue weighted by Crippen LogP contribution is -2.39. The first-order chi connectivity index (χ1) is 8.77. The van der Waals surface area contributed by atoms with E-state index in [1.807, 2.05) is 0 Å². The summed E-state index contributed by atoms with van der Waals surface area (Å²) < 4.78 is 4.86. The van der Waals surface area contributed by atoms with Gasteiger partial charge in [0.2, 0.25) is 5.91 Å². The number of aliphatic hydroxyl groups excluding tert-OH is 1. The Hall–Kier alpha value is -0.650. The van der Waals surface area contributed by atoms with Crippen molar-refractivity contribution in [1.29, 1.82) is 0 Å². The Kier molecular flexibility index (Phi) is 7.96. The summed E-state index contributed by atoms with van der Waals surface area (Å²) in [4.78, 5) is 11.4. The van der Waals surface area contributed by atoms with E-state index in [9.17, 15) is 9.90 Å². The molecular formula is C13H26N2O3. The molecule has 1 aliphatic carbocycles. The topological polar surface area (TPSA) is 70.6 Å². The van der Waals surface area contributed by atoms with Crippen molar-refractivity contribution < 1.29 is 14.6 Å². The molecule has 0 aromatic carbocycles. The number of hydrogen-bond acceptors (Lipinski definition) is 4. The number of carbonyl (C=O) groups is 1. The Balaban J connectivity index is 2.10. The van der Waals surface area contributed by atoms with Crippen molar-refractivity contribution in [2.24, 2.45) is 11.8 Å². The van der Waals surface area contributed by atoms with Gasteiger partial charge in [-0.25, -0.2) is 0 Å². The number of ether oxygens (including phenoxy) is 1. The van der Waals surface area contributed by atoms with Crippen molar-refractivity contribution in [2.45, 2.75) is 25.7 Å². The molecule has 5 heteroatoms. The molecule has 18 heavy (non-hydrogen) atoms. The lowest BCUT2D eigenvalue weighted by molar-refractivity contribution is -0.120. The predicted octanol–water partition coefficient (Wildman–Crippen LogP) is 0.137. The van der Waals surface area contributed by atoms with Crippen molar-refractivity contribution in [1.82, 2.24) is 10.6 Å². The fraction of sp³-hybridized carbons (Fsp3) is 0.923. The average molecular weight is 258 g/mol. The van der Waals surface area contributed by atoms with Crippen molar-refractivity contribution in [3.05, 3.63) is 0 Å². The molecule has 1 rings (SSSR count). The molecule has 0 saturated heterocycles. The Labute approximate surface area is 109 Å². The van der Waals surface area contributed by atoms with Gasteiger partial charge in [0.25, 0.3) is 0 Å². The molecule has 0 radical (unpaired) electrons. The van der Waals surface area contributed by atoms with E-state index in [4.69, 9.17) is 4.74 Å². The summed E-state index contributed by atoms with van der Waals surface area (Å²) in [5, 5.41) is 15.2. The van der Waals surface area contributed by atoms with Gasteiger partial charge in [0, 0.05) is 20.3 Å². The summed E-state index contributed by atoms with van der Waals surface area (Å²) in [5.41, 5.74) is 0. The molecule has 3 N–H and O–H groups in total. The second kappa shape index (κ2) is 9.30. The molecule has 0 spiro atoms. The Morgan fingerprint density at radius 3 is 2.72 bits per heavy atom. The maximum atomic E-state index is 11.4. The van der Waals surface area contributed by atoms with Crippen LogP contribution in [0.1, 0.15) is 25.7 Å². The van der Waals surface area contributed by atoms with Gasteiger partial charge in [-0.1, -0.05) is 12.8 Å². The second-order valence-electron chi connectivity index (χ2n) is 4.96. The molecular weight excluding hydrogens is 232 g/mol. The van der Waals surface area contributed by atoms with Crippen LogP contribution in [0.4, 0.5) is 0 Å². The van der Waals surface area contributed by atoms with Crippen molar-refractivity contribution in [3.8, 4) is 0 Å². The minimum absolute atomic E-state index is 0.00316. The van der Waals surface area contributed by atoms with Crippen LogP contribution in [0.5, 0.6) is 0 Å². The first kappa shape index (κ1) is 15.4. The van der Waals surface area contributed by atoms with E-state index in [-0.39, 0.29) is 12.5 Å². The van der Waals surface area contributed by atoms with Crippen LogP contribution in [0.25, 0.3) is 0 Å². The minimum Gasteiger partial charge on any atom is -0.396 e. The molecule has 1 amide bonds. The van der Waals surface area contributed by atoms with Gasteiger partial charge in [0.05, 0.1) is 13.2 Å². The van der Waals surface area contributed by atoms with Gasteiger partial charge in [-0.05, 0) is 31.2 Å². The highest BCUT2D eigenvalue weighted by atomic mass is 16.5. The maximum Gasteiger partial charge on any atom is 0.234 e. The maximum absolute atomic E-state index is 11.4. The number of aliphatic hydroxyl groups is 1. The Morgan fingerprint density at radius 2 is 2.06 bits per heavy atom. The summed E-state index contributed by atoms with van der Waals surface area (Å²) in [7, 11) is 1.61. The van der Waals surface area contributed by atoms with Gasteiger partial charge in [-0.2, -0.15) is 0 Å². The molecule has 2 atom stereocenters. The highest BCUT2D eigenvalue weighted by Crippen LogP contribution is 2.28. The van der Waals surface area contributed by atoms with E-state index < -0.39 is 0 Å². The van der Waals surface area contributed by atoms with Crippen LogP contribution in [0.15, 0.2) is 0 Å². The number of nitrogens with one attached hydrogen (secondary N) is 2. The highest BCUT2D eigenvalue weighted by molar-refractivity contribution is 5.77. The van der Waals surface area contributed by atoms with Crippen LogP contribution in [-0.2, 0) is 9.53 Å². The van der Waals surface area contributed by atoms with E-state index in [2.05, 4.69) is 10.6 Å². The molecule has 0 aromatic heterocycles. The zero-order chi connectivity index (χ0) is 13.2. The summed E-state index contributed by atoms with van der Waals surface area (Å²) in [6.45, 7) is 2.54. The first-order valence-electron chi connectivity index (χ1n) is 6.85. The zero-order valence-electron chi connectivity index (χ0n) is 11.3. The van der Waals surface area contributed by atoms with Gasteiger partial charge in [-0.3, -0.25) is 4.79 Å². The van der Waals surface area contributed by atoms with Crippen LogP contribution in [-0.4, -0.2) is 51.0 Å². The number of rotatable bonds is 8. The highest BCUT2D eigenvalue weighted by Gasteiger charge is 2.23. The third-order valence-electron chi connectivity index (χ3n) is 3.62. The molecule has 0 aliphatic heterocycles. The molecule has 0 bridgehead atoms. The summed E-state index contributed by atoms with van der Waals surface area (Å²) in [5.74, 6) is 0.918. The van der Waals surface area contributed by atoms with Crippen molar-refractivity contribution in [3.63, 3.8) is 0 Å². The van der Waals surface area contributed by atoms with Crippen LogP contribution in [0.2, 0.25) is 0 Å². The summed E-state index contributed by atoms with van der Waals surface area (Å²) in [6.07, 6.45) is 4.73. The summed E-state index contributed by atoms with van der Waals surface area (Å²) in [6, 6.07) is 0. The smallest absolute Gasteiger partial charge is 0.234 e. The molecule has 0 aromatic rings. The normalized spacial score (nSPS) is 23.9. The third kappa shape index (κ3) is 5.80. The largest absolute Gasteiger partial charge is 0.396 e. The van der Waals surface area contributed by atoms with Gasteiger partial charge < -0.3 is 20.5 Å². The third-order valence-corrected chi connectivity index (χ3v) is 3.62. The molecule has 0 heterocycles. The molecule has 1 saturated carbocycles. The summed E-state index contributed by atoms with van der Waals surface area (Å²) >= 11 is 0. The fourth-order valence-electron chi connectivity index (χ4n) is 2.52. The molecule has 2 unspecified atom stereocenters. The van der Waals surface area contributed by atoms with Crippen LogP contribution >= 0.6 is 0 Å². The lowest BCUT2D eigenvalue weighted by Gasteiger charge is -2.30. The van der Waals surface area contributed by atoms with Crippen LogP contribution in [0.3, 0.4) is 0 Å². The number of methoxy groups -OCH3 is 1. The van der Waals surface area contributed by atoms with E-state index in [0.717, 1.165) is 19.4 Å². The van der Waals surface area contributed by atoms with Gasteiger partial charge in [0.15, 0.2) is 0 Å². The van der Waals surface area contributed by atoms with E-state index in [1.54, 1.807) is 7.11 Å². The SMILES string of the molecule is COCCNC(=O)CNCC1CCCCC1CO. The Bertz CT molecular complexity index is 236. The number of amides is 1. The first-order valence-corrected chi connectivity index (χ1v) is 6.85. The van der Waals surface area contributed by atoms with Crippen LogP contribution < -0.4 is 10.6 Å². The second-order valence-corrected chi connectivity index (χ2v) is 4.96. The Morgan fingerprint density at radius 1 is 1.33 bits per heavy atom. The average Bonchev–Trinajstić information content (AvgIpc) is 2.39. The van der Waals surface area contributed by atoms with E-state index in [0.29, 0.717) is 31.5 Å². The molecule has 106 valence electrons. The molecule has 1 aliphatic rings. The van der Waals surface area contributed by atoms with E-state index in [1.165, 1.54) is 12.8 Å². The van der Waals surface area contributed by atoms with Crippen LogP contribution in [0, 0.1) is 11.8 Å². The number of hydrogen-bond donors (Lipinski definition) is 3. The molecule has 1 fully saturated rings. The molecule has 5 nitrogen and oxygen atoms in total. The fourth-order valence-corrected chi connectivity index (χ4v) is 2.52. The van der Waals surface area contributed by atoms with Gasteiger partial charge in [0.1, 0.15) is 0 Å². The van der Waals surface area contributed by atoms with Gasteiger partial charge >= 0.3 is 0 Å². The minimum atomic E-state index is 0.00316. The lowest BCUT2D eigenvalue weighted by atomic mass is 9.79. The number of carbonyl (C=O) groups excluding carboxylic acids is 1. The standard InChI is InChI=1S/C13H26N2O3/c1-18-7-6-15-13(17)9-14-8-11-4-2-3-5-12(11)10-16/h11-12,14,16H,2-10H2,1H3,(H,15,17).